The first-order valence-corrected chi connectivity index (χ1v) is 11.0. The molecule has 0 radical (unpaired) electrons. The van der Waals surface area contributed by atoms with Crippen LogP contribution in [0.15, 0.2) is 47.0 Å². The predicted molar refractivity (Wildman–Crippen MR) is 122 cm³/mol. The number of ether oxygens (including phenoxy) is 2. The van der Waals surface area contributed by atoms with Crippen molar-refractivity contribution in [3.05, 3.63) is 53.6 Å². The van der Waals surface area contributed by atoms with E-state index in [-0.39, 0.29) is 12.0 Å². The fraction of sp³-hybridized carbons (Fsp3) is 0.320. The van der Waals surface area contributed by atoms with Crippen LogP contribution < -0.4 is 15.0 Å². The van der Waals surface area contributed by atoms with Crippen LogP contribution in [0.3, 0.4) is 0 Å². The molecule has 0 spiro atoms. The molecule has 0 bridgehead atoms. The van der Waals surface area contributed by atoms with Gasteiger partial charge in [-0.05, 0) is 67.3 Å². The summed E-state index contributed by atoms with van der Waals surface area (Å²) in [6.45, 7) is 2.14. The van der Waals surface area contributed by atoms with Crippen molar-refractivity contribution >= 4 is 17.7 Å². The molecule has 1 fully saturated rings. The van der Waals surface area contributed by atoms with E-state index in [0.29, 0.717) is 13.1 Å². The Labute approximate surface area is 191 Å². The van der Waals surface area contributed by atoms with Crippen LogP contribution in [0.4, 0.5) is 10.5 Å². The van der Waals surface area contributed by atoms with Gasteiger partial charge in [-0.15, -0.1) is 0 Å². The molecular formula is C25H25N3O5. The van der Waals surface area contributed by atoms with E-state index in [0.717, 1.165) is 64.4 Å². The quantitative estimate of drug-likeness (QED) is 0.636. The number of carbonyl (C=O) groups excluding carboxylic acids is 2. The third-order valence-electron chi connectivity index (χ3n) is 6.12. The number of hydrogen-bond acceptors (Lipinski definition) is 6. The van der Waals surface area contributed by atoms with Crippen LogP contribution in [0.5, 0.6) is 5.75 Å². The van der Waals surface area contributed by atoms with Gasteiger partial charge in [0.1, 0.15) is 17.5 Å². The smallest absolute Gasteiger partial charge is 0.414 e. The van der Waals surface area contributed by atoms with Gasteiger partial charge < -0.3 is 19.3 Å². The molecule has 8 nitrogen and oxygen atoms in total. The molecule has 2 aromatic carbocycles. The van der Waals surface area contributed by atoms with Crippen molar-refractivity contribution in [2.45, 2.75) is 32.3 Å². The molecule has 8 heteroatoms. The maximum absolute atomic E-state index is 12.4. The second-order valence-electron chi connectivity index (χ2n) is 8.32. The van der Waals surface area contributed by atoms with Gasteiger partial charge in [0.15, 0.2) is 5.76 Å². The van der Waals surface area contributed by atoms with E-state index in [4.69, 9.17) is 14.0 Å². The van der Waals surface area contributed by atoms with Crippen LogP contribution >= 0.6 is 0 Å². The number of anilines is 1. The summed E-state index contributed by atoms with van der Waals surface area (Å²) in [5, 5.41) is 7.09. The van der Waals surface area contributed by atoms with Crippen LogP contribution in [0.1, 0.15) is 24.5 Å². The minimum atomic E-state index is -0.402. The number of cyclic esters (lactones) is 1. The molecule has 170 valence electrons. The van der Waals surface area contributed by atoms with Crippen LogP contribution in [0, 0.1) is 0 Å². The van der Waals surface area contributed by atoms with Crippen molar-refractivity contribution in [1.82, 2.24) is 10.5 Å². The van der Waals surface area contributed by atoms with E-state index in [1.54, 1.807) is 12.0 Å². The van der Waals surface area contributed by atoms with Gasteiger partial charge in [-0.3, -0.25) is 9.69 Å². The van der Waals surface area contributed by atoms with E-state index < -0.39 is 6.09 Å². The number of carbonyl (C=O) groups is 2. The minimum Gasteiger partial charge on any atom is -0.497 e. The van der Waals surface area contributed by atoms with E-state index in [1.807, 2.05) is 42.5 Å². The van der Waals surface area contributed by atoms with E-state index in [2.05, 4.69) is 10.5 Å². The highest BCUT2D eigenvalue weighted by atomic mass is 16.6. The van der Waals surface area contributed by atoms with Gasteiger partial charge in [-0.25, -0.2) is 4.79 Å². The van der Waals surface area contributed by atoms with Gasteiger partial charge in [-0.2, -0.15) is 0 Å². The van der Waals surface area contributed by atoms with Crippen molar-refractivity contribution in [3.8, 4) is 28.3 Å². The molecule has 1 aliphatic heterocycles. The summed E-state index contributed by atoms with van der Waals surface area (Å²) < 4.78 is 16.5. The number of nitrogens with one attached hydrogen (secondary N) is 1. The number of aromatic nitrogens is 1. The zero-order chi connectivity index (χ0) is 22.9. The number of fused-ring (bicyclic) bond motifs is 3. The van der Waals surface area contributed by atoms with E-state index >= 15 is 0 Å². The fourth-order valence-electron chi connectivity index (χ4n) is 4.46. The molecule has 1 aliphatic carbocycles. The Kier molecular flexibility index (Phi) is 5.50. The lowest BCUT2D eigenvalue weighted by atomic mass is 10.00. The SMILES string of the molecule is COc1ccc(-c2noc3c2CCCc2cc(N4C[C@H](CNC(C)=O)OC4=O)ccc2-3)cc1. The number of methoxy groups -OCH3 is 1. The summed E-state index contributed by atoms with van der Waals surface area (Å²) >= 11 is 0. The summed E-state index contributed by atoms with van der Waals surface area (Å²) in [5.74, 6) is 1.43. The summed E-state index contributed by atoms with van der Waals surface area (Å²) in [4.78, 5) is 25.2. The molecule has 0 saturated carbocycles. The van der Waals surface area contributed by atoms with Gasteiger partial charge in [0.25, 0.3) is 0 Å². The maximum Gasteiger partial charge on any atom is 0.414 e. The molecule has 5 rings (SSSR count). The number of amides is 2. The van der Waals surface area contributed by atoms with E-state index in [9.17, 15) is 9.59 Å². The van der Waals surface area contributed by atoms with Crippen LogP contribution in [0.25, 0.3) is 22.6 Å². The van der Waals surface area contributed by atoms with Crippen LogP contribution in [0.2, 0.25) is 0 Å². The molecule has 33 heavy (non-hydrogen) atoms. The Morgan fingerprint density at radius 1 is 1.21 bits per heavy atom. The Bertz CT molecular complexity index is 1200. The highest BCUT2D eigenvalue weighted by Gasteiger charge is 2.33. The number of hydrogen-bond donors (Lipinski definition) is 1. The second kappa shape index (κ2) is 8.61. The Morgan fingerprint density at radius 3 is 2.79 bits per heavy atom. The lowest BCUT2D eigenvalue weighted by Gasteiger charge is -2.15. The molecule has 2 aliphatic rings. The third-order valence-corrected chi connectivity index (χ3v) is 6.12. The molecular weight excluding hydrogens is 422 g/mol. The van der Waals surface area contributed by atoms with Gasteiger partial charge in [0, 0.05) is 29.3 Å². The molecule has 0 unspecified atom stereocenters. The average molecular weight is 447 g/mol. The first-order chi connectivity index (χ1) is 16.0. The van der Waals surface area contributed by atoms with Crippen molar-refractivity contribution in [3.63, 3.8) is 0 Å². The van der Waals surface area contributed by atoms with Crippen molar-refractivity contribution < 1.29 is 23.6 Å². The number of nitrogens with zero attached hydrogens (tertiary/aromatic N) is 2. The monoisotopic (exact) mass is 447 g/mol. The molecule has 1 N–H and O–H groups in total. The molecule has 3 aromatic rings. The normalized spacial score (nSPS) is 17.1. The molecule has 2 heterocycles. The van der Waals surface area contributed by atoms with Crippen molar-refractivity contribution in [1.29, 1.82) is 0 Å². The Balaban J connectivity index is 1.42. The van der Waals surface area contributed by atoms with Crippen LogP contribution in [-0.4, -0.2) is 43.5 Å². The van der Waals surface area contributed by atoms with Gasteiger partial charge >= 0.3 is 6.09 Å². The van der Waals surface area contributed by atoms with Crippen molar-refractivity contribution in [2.24, 2.45) is 0 Å². The van der Waals surface area contributed by atoms with Gasteiger partial charge in [0.2, 0.25) is 5.91 Å². The lowest BCUT2D eigenvalue weighted by molar-refractivity contribution is -0.119. The average Bonchev–Trinajstić information content (AvgIpc) is 3.36. The molecule has 2 amide bonds. The largest absolute Gasteiger partial charge is 0.497 e. The highest BCUT2D eigenvalue weighted by molar-refractivity contribution is 5.90. The lowest BCUT2D eigenvalue weighted by Crippen LogP contribution is -2.33. The first-order valence-electron chi connectivity index (χ1n) is 11.0. The van der Waals surface area contributed by atoms with Crippen LogP contribution in [-0.2, 0) is 22.4 Å². The minimum absolute atomic E-state index is 0.147. The molecule has 1 atom stereocenters. The molecule has 1 saturated heterocycles. The fourth-order valence-corrected chi connectivity index (χ4v) is 4.46. The predicted octanol–water partition coefficient (Wildman–Crippen LogP) is 3.97. The summed E-state index contributed by atoms with van der Waals surface area (Å²) in [6.07, 6.45) is 1.90. The summed E-state index contributed by atoms with van der Waals surface area (Å²) in [7, 11) is 1.65. The Morgan fingerprint density at radius 2 is 2.03 bits per heavy atom. The zero-order valence-electron chi connectivity index (χ0n) is 18.6. The third kappa shape index (κ3) is 4.04. The second-order valence-corrected chi connectivity index (χ2v) is 8.32. The summed E-state index contributed by atoms with van der Waals surface area (Å²) in [6, 6.07) is 13.7. The summed E-state index contributed by atoms with van der Waals surface area (Å²) in [5.41, 5.74) is 5.84. The van der Waals surface area contributed by atoms with Gasteiger partial charge in [-0.1, -0.05) is 5.16 Å². The standard InChI is InChI=1S/C25H25N3O5/c1-15(29)26-13-20-14-28(25(30)32-20)18-8-11-21-17(12-18)4-3-5-22-23(27-33-24(21)22)16-6-9-19(31-2)10-7-16/h6-12,20H,3-5,13-14H2,1-2H3,(H,26,29)/t20-/m0/s1. The van der Waals surface area contributed by atoms with E-state index in [1.165, 1.54) is 6.92 Å². The zero-order valence-corrected chi connectivity index (χ0v) is 18.6. The highest BCUT2D eigenvalue weighted by Crippen LogP contribution is 2.39. The number of rotatable bonds is 5. The Hall–Kier alpha value is -3.81. The molecule has 1 aromatic heterocycles. The maximum atomic E-state index is 12.4. The topological polar surface area (TPSA) is 93.9 Å². The number of benzene rings is 2. The first kappa shape index (κ1) is 21.1. The van der Waals surface area contributed by atoms with Gasteiger partial charge in [0.05, 0.1) is 20.2 Å². The number of aryl methyl sites for hydroxylation is 1. The van der Waals surface area contributed by atoms with Crippen molar-refractivity contribution in [2.75, 3.05) is 25.1 Å².